The zero-order valence-electron chi connectivity index (χ0n) is 73.4. The molecule has 130 heavy (non-hydrogen) atoms. The average Bonchev–Trinajstić information content (AvgIpc) is 1.61. The Morgan fingerprint density at radius 3 is 1.05 bits per heavy atom. The van der Waals surface area contributed by atoms with E-state index in [0.717, 1.165) is 109 Å². The largest absolute Gasteiger partial charge is 0.489 e. The molecule has 0 amide bonds. The van der Waals surface area contributed by atoms with E-state index in [4.69, 9.17) is 34.1 Å². The van der Waals surface area contributed by atoms with Crippen molar-refractivity contribution in [3.8, 4) is 51.6 Å². The molecule has 28 rings (SSSR count). The van der Waals surface area contributed by atoms with E-state index < -0.39 is 17.5 Å². The van der Waals surface area contributed by atoms with Crippen molar-refractivity contribution in [2.75, 3.05) is 52.4 Å². The minimum atomic E-state index is -0.683. The van der Waals surface area contributed by atoms with Crippen molar-refractivity contribution in [1.82, 2.24) is 81.1 Å². The van der Waals surface area contributed by atoms with Gasteiger partial charge in [-0.25, -0.2) is 33.1 Å². The van der Waals surface area contributed by atoms with Gasteiger partial charge >= 0.3 is 0 Å². The van der Waals surface area contributed by atoms with E-state index in [1.54, 1.807) is 52.0 Å². The lowest BCUT2D eigenvalue weighted by atomic mass is 9.94. The van der Waals surface area contributed by atoms with Crippen LogP contribution in [-0.2, 0) is 74.2 Å². The SMILES string of the molecule is Cc1ccc(-c2ccn(-c3ccc4c5c(n(C)c4n3)C3CCN(CC3)C5)c(=O)c2)cc1.Cn1c2c(c3ccc(-n4ccc(OCc5ccc(F)cc5F)cc4=O)nc31)CN1CCC2CC1.Cn1c2c(c3ccc(-n4ccc(OCc5ccc(F)cn5)cc4=O)nc31)CN1CCC2CC1.Cn1c2c(c3ccc(-n4ccc(OCc5ccccc5)cc4=O)nc31)CN1CCC2CC1. The van der Waals surface area contributed by atoms with E-state index in [0.29, 0.717) is 76.5 Å². The Labute approximate surface area is 747 Å². The zero-order chi connectivity index (χ0) is 88.7. The third-order valence-electron chi connectivity index (χ3n) is 27.9. The van der Waals surface area contributed by atoms with Gasteiger partial charge in [0.1, 0.15) is 100 Å². The molecular weight excluding hydrogens is 1640 g/mol. The number of aryl methyl sites for hydroxylation is 5. The predicted molar refractivity (Wildman–Crippen MR) is 494 cm³/mol. The standard InChI is InChI=1S/C26H24F2N4O2.C26H26N4O2.C26H26N4O.C25H24FN5O2/c1-30-25-16-6-9-31(10-7-16)14-21(25)20-4-5-23(29-26(20)30)32-11-8-19(13-24(32)33)34-15-17-2-3-18(27)12-22(17)28;1-28-25-19-9-12-29(13-10-19)16-22(25)21-7-8-23(27-26(21)28)30-14-11-20(15-24(30)31)32-17-18-5-3-2-4-6-18;1-17-3-5-18(6-4-17)20-11-14-30(24(31)15-20)23-8-7-21-22-16-29-12-9-19(10-13-29)25(22)28(2)26(21)27-23;1-29-24-16-6-9-30(10-7-16)14-21(24)20-4-5-22(28-25(20)29)31-11-8-19(12-23(31)32)33-15-18-3-2-17(26)13-27-18/h2-5,8,11-13,16H,6-7,9-10,14-15H2,1H3;2-8,11,14-15,19H,9-10,12-13,16-17H2,1H3;3-8,11,14-15,19H,9-10,12-13,16H2,1-2H3;2-5,8,11-13,16H,6-7,9-10,14-15H2,1H3. The number of aromatic nitrogens is 13. The van der Waals surface area contributed by atoms with Crippen molar-refractivity contribution in [3.05, 3.63) is 339 Å². The lowest BCUT2D eigenvalue weighted by molar-refractivity contribution is 0.220. The summed E-state index contributed by atoms with van der Waals surface area (Å²) in [6.07, 6.45) is 17.6. The minimum Gasteiger partial charge on any atom is -0.489 e. The molecule has 0 spiro atoms. The van der Waals surface area contributed by atoms with Gasteiger partial charge in [-0.15, -0.1) is 0 Å². The molecule has 0 unspecified atom stereocenters. The molecule has 4 saturated heterocycles. The number of pyridine rings is 9. The quantitative estimate of drug-likeness (QED) is 0.0990. The molecule has 16 aromatic rings. The zero-order valence-corrected chi connectivity index (χ0v) is 73.4. The number of ether oxygens (including phenoxy) is 3. The third-order valence-corrected chi connectivity index (χ3v) is 27.9. The number of nitrogens with zero attached hydrogens (tertiary/aromatic N) is 17. The monoisotopic (exact) mass is 1740 g/mol. The molecule has 13 aromatic heterocycles. The number of fused-ring (bicyclic) bond motifs is 12. The highest BCUT2D eigenvalue weighted by atomic mass is 19.1. The predicted octanol–water partition coefficient (Wildman–Crippen LogP) is 16.2. The van der Waals surface area contributed by atoms with Crippen LogP contribution in [0.5, 0.6) is 17.2 Å². The number of benzene rings is 3. The average molecular weight is 1750 g/mol. The molecule has 8 bridgehead atoms. The van der Waals surface area contributed by atoms with Gasteiger partial charge in [0.2, 0.25) is 0 Å². The topological polar surface area (TPSA) is 213 Å². The van der Waals surface area contributed by atoms with Crippen LogP contribution in [0.2, 0.25) is 0 Å². The van der Waals surface area contributed by atoms with Gasteiger partial charge in [0.05, 0.1) is 11.9 Å². The van der Waals surface area contributed by atoms with Crippen molar-refractivity contribution >= 4 is 44.1 Å². The highest BCUT2D eigenvalue weighted by Gasteiger charge is 2.38. The van der Waals surface area contributed by atoms with Crippen molar-refractivity contribution in [1.29, 1.82) is 0 Å². The fraction of sp³-hybridized carbons (Fsp3) is 0.311. The van der Waals surface area contributed by atoms with Crippen LogP contribution >= 0.6 is 0 Å². The second kappa shape index (κ2) is 34.8. The van der Waals surface area contributed by atoms with Crippen LogP contribution < -0.4 is 36.4 Å². The molecule has 25 heterocycles. The number of hydrogen-bond donors (Lipinski definition) is 0. The van der Waals surface area contributed by atoms with E-state index in [-0.39, 0.29) is 41.0 Å². The minimum absolute atomic E-state index is 0.0640. The van der Waals surface area contributed by atoms with E-state index in [2.05, 4.69) is 126 Å². The molecule has 0 aliphatic carbocycles. The van der Waals surface area contributed by atoms with Crippen LogP contribution in [-0.4, -0.2) is 133 Å². The van der Waals surface area contributed by atoms with Crippen LogP contribution in [0.25, 0.3) is 78.5 Å². The number of halogens is 3. The Hall–Kier alpha value is -13.6. The molecule has 27 heteroatoms. The summed E-state index contributed by atoms with van der Waals surface area (Å²) in [4.78, 5) is 85.2. The second-order valence-corrected chi connectivity index (χ2v) is 35.8. The summed E-state index contributed by atoms with van der Waals surface area (Å²) in [5, 5.41) is 4.76. The van der Waals surface area contributed by atoms with E-state index in [9.17, 15) is 32.3 Å². The number of rotatable bonds is 14. The molecular formula is C103H100F3N17O7. The van der Waals surface area contributed by atoms with Crippen LogP contribution in [0.3, 0.4) is 0 Å². The maximum Gasteiger partial charge on any atom is 0.259 e. The molecule has 3 aromatic carbocycles. The van der Waals surface area contributed by atoms with Gasteiger partial charge in [0, 0.05) is 183 Å². The Kier molecular flexibility index (Phi) is 22.3. The first kappa shape index (κ1) is 83.3. The van der Waals surface area contributed by atoms with Crippen molar-refractivity contribution < 1.29 is 27.4 Å². The van der Waals surface area contributed by atoms with Crippen LogP contribution in [0.4, 0.5) is 13.2 Å². The summed E-state index contributed by atoms with van der Waals surface area (Å²) in [6, 6.07) is 53.7. The fourth-order valence-corrected chi connectivity index (χ4v) is 21.2. The van der Waals surface area contributed by atoms with Gasteiger partial charge in [0.25, 0.3) is 22.2 Å². The van der Waals surface area contributed by atoms with Crippen molar-refractivity contribution in [3.63, 3.8) is 0 Å². The molecule has 12 aliphatic rings. The third kappa shape index (κ3) is 16.1. The second-order valence-electron chi connectivity index (χ2n) is 35.8. The van der Waals surface area contributed by atoms with Crippen LogP contribution in [0.15, 0.2) is 232 Å². The summed E-state index contributed by atoms with van der Waals surface area (Å²) in [7, 11) is 8.42. The molecule has 0 radical (unpaired) electrons. The Bertz CT molecular complexity index is 7300. The van der Waals surface area contributed by atoms with E-state index >= 15 is 0 Å². The fourth-order valence-electron chi connectivity index (χ4n) is 21.2. The first-order valence-corrected chi connectivity index (χ1v) is 45.1. The van der Waals surface area contributed by atoms with Crippen molar-refractivity contribution in [2.45, 2.75) is 128 Å². The van der Waals surface area contributed by atoms with Gasteiger partial charge < -0.3 is 32.5 Å². The van der Waals surface area contributed by atoms with Gasteiger partial charge in [-0.05, 0) is 247 Å². The smallest absolute Gasteiger partial charge is 0.259 e. The molecule has 660 valence electrons. The van der Waals surface area contributed by atoms with Crippen LogP contribution in [0.1, 0.15) is 142 Å². The molecule has 0 saturated carbocycles. The number of hydrogen-bond acceptors (Lipinski definition) is 16. The normalized spacial score (nSPS) is 19.6. The maximum absolute atomic E-state index is 13.8. The number of piperidine rings is 4. The van der Waals surface area contributed by atoms with Gasteiger partial charge in [-0.2, -0.15) is 0 Å². The lowest BCUT2D eigenvalue weighted by Gasteiger charge is -2.27. The Morgan fingerprint density at radius 1 is 0.346 bits per heavy atom. The molecule has 12 aliphatic heterocycles. The van der Waals surface area contributed by atoms with E-state index in [1.807, 2.05) is 72.9 Å². The lowest BCUT2D eigenvalue weighted by Crippen LogP contribution is -2.29. The summed E-state index contributed by atoms with van der Waals surface area (Å²) in [5.41, 5.74) is 19.3. The first-order valence-electron chi connectivity index (χ1n) is 45.1. The van der Waals surface area contributed by atoms with Gasteiger partial charge in [-0.1, -0.05) is 60.2 Å². The summed E-state index contributed by atoms with van der Waals surface area (Å²) in [5.74, 6) is 4.37. The van der Waals surface area contributed by atoms with Gasteiger partial charge in [0.15, 0.2) is 0 Å². The summed E-state index contributed by atoms with van der Waals surface area (Å²) in [6.45, 7) is 15.8. The molecule has 0 N–H and O–H groups in total. The highest BCUT2D eigenvalue weighted by Crippen LogP contribution is 2.45. The highest BCUT2D eigenvalue weighted by molar-refractivity contribution is 5.87. The molecule has 24 nitrogen and oxygen atoms in total. The van der Waals surface area contributed by atoms with Gasteiger partial charge in [-0.3, -0.25) is 62.0 Å². The van der Waals surface area contributed by atoms with Crippen molar-refractivity contribution in [2.24, 2.45) is 28.2 Å². The Morgan fingerprint density at radius 2 is 0.700 bits per heavy atom. The maximum atomic E-state index is 13.8. The first-order chi connectivity index (χ1) is 63.3. The summed E-state index contributed by atoms with van der Waals surface area (Å²) >= 11 is 0. The summed E-state index contributed by atoms with van der Waals surface area (Å²) < 4.78 is 72.1. The van der Waals surface area contributed by atoms with Crippen LogP contribution in [0, 0.1) is 24.4 Å². The van der Waals surface area contributed by atoms with E-state index in [1.165, 1.54) is 190 Å². The molecule has 4 fully saturated rings. The Balaban J connectivity index is 0.000000105. The molecule has 0 atom stereocenters.